The molecule has 6 rings (SSSR count). The summed E-state index contributed by atoms with van der Waals surface area (Å²) in [6.07, 6.45) is -1.54. The molecule has 3 atom stereocenters. The second kappa shape index (κ2) is 10.5. The number of hydrogen-bond acceptors (Lipinski definition) is 6. The fourth-order valence-electron chi connectivity index (χ4n) is 6.08. The number of amides is 2. The summed E-state index contributed by atoms with van der Waals surface area (Å²) in [6, 6.07) is 2.42. The molecule has 3 aliphatic rings. The van der Waals surface area contributed by atoms with Gasteiger partial charge in [0.1, 0.15) is 23.8 Å². The minimum atomic E-state index is -2.94. The van der Waals surface area contributed by atoms with Crippen molar-refractivity contribution in [3.8, 4) is 11.3 Å². The highest BCUT2D eigenvalue weighted by atomic mass is 35.5. The number of nitrogens with zero attached hydrogens (tertiary/aromatic N) is 5. The van der Waals surface area contributed by atoms with E-state index in [9.17, 15) is 31.5 Å². The summed E-state index contributed by atoms with van der Waals surface area (Å²) >= 11 is 6.21. The molecule has 3 aromatic rings. The molecular formula is C27H26ClF6N7O2. The molecule has 9 nitrogen and oxygen atoms in total. The molecule has 4 heterocycles. The van der Waals surface area contributed by atoms with E-state index in [4.69, 9.17) is 17.3 Å². The van der Waals surface area contributed by atoms with Crippen molar-refractivity contribution in [3.05, 3.63) is 46.5 Å². The molecule has 43 heavy (non-hydrogen) atoms. The van der Waals surface area contributed by atoms with Gasteiger partial charge in [0, 0.05) is 37.4 Å². The van der Waals surface area contributed by atoms with Gasteiger partial charge in [-0.1, -0.05) is 11.6 Å². The molecular weight excluding hydrogens is 604 g/mol. The SMILES string of the molecule is Nc1ncnn2c(-c3cc(C(=O)N[C@@H]4CN(C(=O)C5CCC(F)(F)C5)C[C@@H]4F)c(Cl)cc3F)cc(CN3CC(F)(F)C3)c12. The molecule has 3 fully saturated rings. The quantitative estimate of drug-likeness (QED) is 0.400. The van der Waals surface area contributed by atoms with Crippen molar-refractivity contribution in [2.24, 2.45) is 5.92 Å². The van der Waals surface area contributed by atoms with E-state index in [1.54, 1.807) is 0 Å². The number of likely N-dealkylation sites (tertiary alicyclic amines) is 2. The number of carbonyl (C=O) groups excluding carboxylic acids is 2. The van der Waals surface area contributed by atoms with Crippen LogP contribution in [0.2, 0.25) is 5.02 Å². The Morgan fingerprint density at radius 3 is 2.53 bits per heavy atom. The van der Waals surface area contributed by atoms with Gasteiger partial charge < -0.3 is 16.0 Å². The second-order valence-electron chi connectivity index (χ2n) is 11.4. The molecule has 2 aromatic heterocycles. The third kappa shape index (κ3) is 5.59. The van der Waals surface area contributed by atoms with E-state index >= 15 is 4.39 Å². The van der Waals surface area contributed by atoms with Gasteiger partial charge in [0.25, 0.3) is 11.8 Å². The Morgan fingerprint density at radius 2 is 1.86 bits per heavy atom. The number of halogens is 7. The largest absolute Gasteiger partial charge is 0.382 e. The van der Waals surface area contributed by atoms with Crippen LogP contribution in [0.1, 0.15) is 35.2 Å². The molecule has 1 aliphatic carbocycles. The van der Waals surface area contributed by atoms with E-state index in [1.807, 2.05) is 0 Å². The lowest BCUT2D eigenvalue weighted by Gasteiger charge is -2.38. The van der Waals surface area contributed by atoms with E-state index in [0.29, 0.717) is 5.56 Å². The normalized spacial score (nSPS) is 24.8. The number of rotatable bonds is 6. The smallest absolute Gasteiger partial charge is 0.272 e. The lowest BCUT2D eigenvalue weighted by atomic mass is 10.0. The predicted octanol–water partition coefficient (Wildman–Crippen LogP) is 3.94. The van der Waals surface area contributed by atoms with Gasteiger partial charge >= 0.3 is 0 Å². The van der Waals surface area contributed by atoms with Crippen LogP contribution in [0.15, 0.2) is 24.5 Å². The number of benzene rings is 1. The van der Waals surface area contributed by atoms with Gasteiger partial charge in [-0.3, -0.25) is 14.5 Å². The number of nitrogens with one attached hydrogen (secondary N) is 1. The topological polar surface area (TPSA) is 109 Å². The van der Waals surface area contributed by atoms with Crippen molar-refractivity contribution in [1.29, 1.82) is 0 Å². The molecule has 1 unspecified atom stereocenters. The summed E-state index contributed by atoms with van der Waals surface area (Å²) in [5, 5.41) is 6.35. The van der Waals surface area contributed by atoms with E-state index in [1.165, 1.54) is 15.5 Å². The third-order valence-electron chi connectivity index (χ3n) is 8.17. The summed E-state index contributed by atoms with van der Waals surface area (Å²) in [4.78, 5) is 32.5. The van der Waals surface area contributed by atoms with E-state index in [0.717, 1.165) is 23.4 Å². The highest BCUT2D eigenvalue weighted by molar-refractivity contribution is 6.34. The van der Waals surface area contributed by atoms with E-state index in [2.05, 4.69) is 15.4 Å². The summed E-state index contributed by atoms with van der Waals surface area (Å²) < 4.78 is 85.5. The average Bonchev–Trinajstić information content (AvgIpc) is 3.58. The maximum atomic E-state index is 15.3. The number of fused-ring (bicyclic) bond motifs is 1. The fraction of sp³-hybridized carbons (Fsp3) is 0.481. The average molecular weight is 630 g/mol. The van der Waals surface area contributed by atoms with Crippen molar-refractivity contribution in [1.82, 2.24) is 29.7 Å². The summed E-state index contributed by atoms with van der Waals surface area (Å²) in [5.74, 6) is -8.88. The fourth-order valence-corrected chi connectivity index (χ4v) is 6.32. The number of anilines is 1. The van der Waals surface area contributed by atoms with Crippen LogP contribution in [-0.2, 0) is 11.3 Å². The van der Waals surface area contributed by atoms with Crippen LogP contribution in [0.4, 0.5) is 32.2 Å². The van der Waals surface area contributed by atoms with Gasteiger partial charge in [-0.05, 0) is 30.2 Å². The molecule has 2 aliphatic heterocycles. The number of nitrogen functional groups attached to an aromatic ring is 1. The summed E-state index contributed by atoms with van der Waals surface area (Å²) in [7, 11) is 0. The molecule has 1 aromatic carbocycles. The van der Waals surface area contributed by atoms with Crippen LogP contribution in [0.3, 0.4) is 0 Å². The number of nitrogens with two attached hydrogens (primary N) is 1. The van der Waals surface area contributed by atoms with Crippen LogP contribution < -0.4 is 11.1 Å². The summed E-state index contributed by atoms with van der Waals surface area (Å²) in [5.41, 5.74) is 6.61. The summed E-state index contributed by atoms with van der Waals surface area (Å²) in [6.45, 7) is -1.44. The Hall–Kier alpha value is -3.59. The maximum Gasteiger partial charge on any atom is 0.272 e. The van der Waals surface area contributed by atoms with Crippen LogP contribution in [0.25, 0.3) is 16.8 Å². The third-order valence-corrected chi connectivity index (χ3v) is 8.48. The van der Waals surface area contributed by atoms with E-state index < -0.39 is 73.5 Å². The monoisotopic (exact) mass is 629 g/mol. The van der Waals surface area contributed by atoms with Crippen LogP contribution in [0, 0.1) is 11.7 Å². The first-order chi connectivity index (χ1) is 20.2. The number of aromatic nitrogens is 3. The van der Waals surface area contributed by atoms with Crippen molar-refractivity contribution < 1.29 is 35.9 Å². The molecule has 230 valence electrons. The standard InChI is InChI=1S/C27H26ClF6N7O2/c28-17-5-18(29)16(21-3-14(7-39-10-27(33,34)11-39)22-23(35)36-12-37-41(21)22)4-15(17)24(42)38-20-9-40(8-19(20)30)25(43)13-1-2-26(31,32)6-13/h3-5,12-13,19-20H,1-2,6-11H2,(H,38,42)(H2,35,36,37)/t13?,19-,20+/m0/s1. The van der Waals surface area contributed by atoms with E-state index in [-0.39, 0.29) is 59.2 Å². The lowest BCUT2D eigenvalue weighted by molar-refractivity contribution is -0.135. The minimum Gasteiger partial charge on any atom is -0.382 e. The molecule has 1 saturated carbocycles. The molecule has 0 bridgehead atoms. The van der Waals surface area contributed by atoms with Crippen molar-refractivity contribution >= 4 is 34.7 Å². The first-order valence-electron chi connectivity index (χ1n) is 13.5. The van der Waals surface area contributed by atoms with Crippen LogP contribution in [0.5, 0.6) is 0 Å². The highest BCUT2D eigenvalue weighted by Gasteiger charge is 2.46. The zero-order chi connectivity index (χ0) is 30.8. The molecule has 16 heteroatoms. The molecule has 3 N–H and O–H groups in total. The van der Waals surface area contributed by atoms with Crippen LogP contribution in [-0.4, -0.2) is 86.4 Å². The highest BCUT2D eigenvalue weighted by Crippen LogP contribution is 2.40. The Balaban J connectivity index is 1.24. The van der Waals surface area contributed by atoms with Crippen molar-refractivity contribution in [2.75, 3.05) is 31.9 Å². The minimum absolute atomic E-state index is 0.00148. The first kappa shape index (κ1) is 29.5. The number of alkyl halides is 5. The molecule has 0 radical (unpaired) electrons. The Morgan fingerprint density at radius 1 is 1.12 bits per heavy atom. The number of carbonyl (C=O) groups is 2. The Bertz CT molecular complexity index is 1610. The van der Waals surface area contributed by atoms with Gasteiger partial charge in [-0.2, -0.15) is 5.10 Å². The van der Waals surface area contributed by atoms with Crippen molar-refractivity contribution in [3.63, 3.8) is 0 Å². The number of hydrogen-bond donors (Lipinski definition) is 2. The predicted molar refractivity (Wildman–Crippen MR) is 143 cm³/mol. The Kier molecular flexibility index (Phi) is 7.23. The van der Waals surface area contributed by atoms with Gasteiger partial charge in [0.15, 0.2) is 5.82 Å². The molecule has 2 amide bonds. The Labute approximate surface area is 245 Å². The second-order valence-corrected chi connectivity index (χ2v) is 11.8. The van der Waals surface area contributed by atoms with Gasteiger partial charge in [0.2, 0.25) is 11.8 Å². The maximum absolute atomic E-state index is 15.3. The molecule has 2 saturated heterocycles. The van der Waals surface area contributed by atoms with Gasteiger partial charge in [-0.15, -0.1) is 0 Å². The first-order valence-corrected chi connectivity index (χ1v) is 13.9. The van der Waals surface area contributed by atoms with Crippen LogP contribution >= 0.6 is 11.6 Å². The zero-order valence-corrected chi connectivity index (χ0v) is 23.2. The van der Waals surface area contributed by atoms with Crippen molar-refractivity contribution in [2.45, 2.75) is 49.9 Å². The zero-order valence-electron chi connectivity index (χ0n) is 22.5. The molecule has 0 spiro atoms. The van der Waals surface area contributed by atoms with Gasteiger partial charge in [0.05, 0.1) is 42.0 Å². The van der Waals surface area contributed by atoms with Gasteiger partial charge in [-0.25, -0.2) is 35.8 Å². The lowest BCUT2D eigenvalue weighted by Crippen LogP contribution is -2.55.